The van der Waals surface area contributed by atoms with Gasteiger partial charge in [-0.3, -0.25) is 4.68 Å². The Morgan fingerprint density at radius 1 is 1.22 bits per heavy atom. The number of amides is 2. The van der Waals surface area contributed by atoms with Crippen LogP contribution in [0.3, 0.4) is 0 Å². The van der Waals surface area contributed by atoms with Crippen LogP contribution in [0.4, 0.5) is 4.79 Å². The highest BCUT2D eigenvalue weighted by Gasteiger charge is 2.23. The first-order valence-corrected chi connectivity index (χ1v) is 9.82. The Morgan fingerprint density at radius 2 is 1.96 bits per heavy atom. The summed E-state index contributed by atoms with van der Waals surface area (Å²) in [5, 5.41) is 7.37. The largest absolute Gasteiger partial charge is 0.332 e. The van der Waals surface area contributed by atoms with Crippen LogP contribution in [0, 0.1) is 0 Å². The molecule has 1 aromatic heterocycles. The van der Waals surface area contributed by atoms with E-state index in [0.29, 0.717) is 26.2 Å². The Hall–Kier alpha value is -1.61. The molecule has 0 bridgehead atoms. The number of hydrogen-bond acceptors (Lipinski definition) is 4. The second kappa shape index (κ2) is 6.48. The molecule has 0 saturated carbocycles. The number of nitrogens with one attached hydrogen (secondary N) is 1. The number of sulfonamides is 1. The van der Waals surface area contributed by atoms with Crippen molar-refractivity contribution in [2.24, 2.45) is 0 Å². The van der Waals surface area contributed by atoms with Crippen molar-refractivity contribution in [2.75, 3.05) is 25.9 Å². The van der Waals surface area contributed by atoms with Gasteiger partial charge in [0, 0.05) is 26.2 Å². The monoisotopic (exact) mass is 341 g/mol. The van der Waals surface area contributed by atoms with Gasteiger partial charge < -0.3 is 10.2 Å². The van der Waals surface area contributed by atoms with E-state index >= 15 is 0 Å². The summed E-state index contributed by atoms with van der Waals surface area (Å²) in [4.78, 5) is 13.8. The smallest absolute Gasteiger partial charge is 0.317 e. The number of nitrogens with zero attached hydrogens (tertiary/aromatic N) is 4. The van der Waals surface area contributed by atoms with Gasteiger partial charge in [0.25, 0.3) is 0 Å². The van der Waals surface area contributed by atoms with Gasteiger partial charge in [-0.15, -0.1) is 0 Å². The van der Waals surface area contributed by atoms with Crippen molar-refractivity contribution < 1.29 is 13.2 Å². The lowest BCUT2D eigenvalue weighted by Gasteiger charge is -2.16. The van der Waals surface area contributed by atoms with E-state index in [1.54, 1.807) is 0 Å². The van der Waals surface area contributed by atoms with Crippen LogP contribution in [-0.2, 0) is 29.7 Å². The molecule has 8 nitrogen and oxygen atoms in total. The molecule has 0 aliphatic carbocycles. The van der Waals surface area contributed by atoms with E-state index in [9.17, 15) is 13.2 Å². The number of urea groups is 1. The molecular weight excluding hydrogens is 318 g/mol. The third-order valence-electron chi connectivity index (χ3n) is 4.31. The number of aryl methyl sites for hydroxylation is 1. The van der Waals surface area contributed by atoms with E-state index in [2.05, 4.69) is 10.4 Å². The molecule has 1 fully saturated rings. The number of likely N-dealkylation sites (tertiary alicyclic amines) is 1. The number of rotatable bonds is 3. The van der Waals surface area contributed by atoms with Crippen molar-refractivity contribution in [3.8, 4) is 0 Å². The number of fused-ring (bicyclic) bond motifs is 1. The van der Waals surface area contributed by atoms with Crippen molar-refractivity contribution >= 4 is 16.1 Å². The first-order chi connectivity index (χ1) is 10.9. The second-order valence-corrected chi connectivity index (χ2v) is 8.14. The summed E-state index contributed by atoms with van der Waals surface area (Å²) in [7, 11) is -3.20. The van der Waals surface area contributed by atoms with Gasteiger partial charge in [-0.05, 0) is 25.3 Å². The van der Waals surface area contributed by atoms with Crippen molar-refractivity contribution in [2.45, 2.75) is 38.9 Å². The molecule has 9 heteroatoms. The van der Waals surface area contributed by atoms with E-state index < -0.39 is 10.0 Å². The maximum Gasteiger partial charge on any atom is 0.317 e. The molecule has 2 amide bonds. The van der Waals surface area contributed by atoms with Gasteiger partial charge >= 0.3 is 6.03 Å². The number of carbonyl (C=O) groups is 1. The van der Waals surface area contributed by atoms with Crippen LogP contribution in [0.15, 0.2) is 6.07 Å². The summed E-state index contributed by atoms with van der Waals surface area (Å²) in [5.41, 5.74) is 1.64. The van der Waals surface area contributed by atoms with Gasteiger partial charge in [-0.2, -0.15) is 9.40 Å². The fourth-order valence-electron chi connectivity index (χ4n) is 3.06. The van der Waals surface area contributed by atoms with Crippen LogP contribution in [0.25, 0.3) is 0 Å². The molecule has 1 N–H and O–H groups in total. The highest BCUT2D eigenvalue weighted by molar-refractivity contribution is 7.88. The molecule has 128 valence electrons. The Kier molecular flexibility index (Phi) is 4.58. The maximum absolute atomic E-state index is 12.0. The first kappa shape index (κ1) is 16.3. The predicted octanol–water partition coefficient (Wildman–Crippen LogP) is 0.354. The Morgan fingerprint density at radius 3 is 2.65 bits per heavy atom. The summed E-state index contributed by atoms with van der Waals surface area (Å²) in [6, 6.07) is 1.83. The van der Waals surface area contributed by atoms with Crippen LogP contribution >= 0.6 is 0 Å². The minimum Gasteiger partial charge on any atom is -0.332 e. The van der Waals surface area contributed by atoms with Crippen molar-refractivity contribution in [3.05, 3.63) is 17.5 Å². The quantitative estimate of drug-likeness (QED) is 0.859. The van der Waals surface area contributed by atoms with Gasteiger partial charge in [0.2, 0.25) is 10.0 Å². The van der Waals surface area contributed by atoms with Gasteiger partial charge in [-0.25, -0.2) is 13.2 Å². The maximum atomic E-state index is 12.0. The molecule has 3 rings (SSSR count). The molecule has 0 atom stereocenters. The SMILES string of the molecule is CS(=O)(=O)N1CCCn2nc(CNC(=O)N3CCCC3)cc2C1. The Bertz CT molecular complexity index is 679. The molecule has 1 saturated heterocycles. The lowest BCUT2D eigenvalue weighted by Crippen LogP contribution is -2.37. The molecule has 1 aromatic rings. The highest BCUT2D eigenvalue weighted by atomic mass is 32.2. The predicted molar refractivity (Wildman–Crippen MR) is 85.1 cm³/mol. The van der Waals surface area contributed by atoms with Crippen molar-refractivity contribution in [3.63, 3.8) is 0 Å². The summed E-state index contributed by atoms with van der Waals surface area (Å²) in [5.74, 6) is 0. The van der Waals surface area contributed by atoms with Crippen LogP contribution in [0.1, 0.15) is 30.7 Å². The highest BCUT2D eigenvalue weighted by Crippen LogP contribution is 2.16. The van der Waals surface area contributed by atoms with Crippen LogP contribution in [-0.4, -0.2) is 59.3 Å². The molecule has 0 aromatic carbocycles. The van der Waals surface area contributed by atoms with Crippen LogP contribution < -0.4 is 5.32 Å². The van der Waals surface area contributed by atoms with E-state index in [1.165, 1.54) is 10.6 Å². The summed E-state index contributed by atoms with van der Waals surface area (Å²) in [6.45, 7) is 3.55. The summed E-state index contributed by atoms with van der Waals surface area (Å²) < 4.78 is 26.8. The zero-order valence-electron chi connectivity index (χ0n) is 13.4. The average Bonchev–Trinajstić information content (AvgIpc) is 3.10. The second-order valence-electron chi connectivity index (χ2n) is 6.15. The van der Waals surface area contributed by atoms with E-state index in [1.807, 2.05) is 15.6 Å². The normalized spacial score (nSPS) is 19.4. The number of hydrogen-bond donors (Lipinski definition) is 1. The van der Waals surface area contributed by atoms with E-state index in [0.717, 1.165) is 43.7 Å². The van der Waals surface area contributed by atoms with Gasteiger partial charge in [0.15, 0.2) is 0 Å². The van der Waals surface area contributed by atoms with Crippen LogP contribution in [0.2, 0.25) is 0 Å². The molecule has 23 heavy (non-hydrogen) atoms. The molecular formula is C14H23N5O3S. The number of carbonyl (C=O) groups excluding carboxylic acids is 1. The molecule has 2 aliphatic rings. The molecule has 0 unspecified atom stereocenters. The average molecular weight is 341 g/mol. The molecule has 3 heterocycles. The fourth-order valence-corrected chi connectivity index (χ4v) is 3.89. The molecule has 0 spiro atoms. The Labute approximate surface area is 136 Å². The van der Waals surface area contributed by atoms with Gasteiger partial charge in [-0.1, -0.05) is 0 Å². The Balaban J connectivity index is 1.64. The first-order valence-electron chi connectivity index (χ1n) is 7.97. The lowest BCUT2D eigenvalue weighted by atomic mass is 10.3. The van der Waals surface area contributed by atoms with Crippen molar-refractivity contribution in [1.82, 2.24) is 24.3 Å². The number of aromatic nitrogens is 2. The summed E-state index contributed by atoms with van der Waals surface area (Å²) >= 11 is 0. The standard InChI is InChI=1S/C14H23N5O3S/c1-23(21,22)18-7-4-8-19-13(11-18)9-12(16-19)10-15-14(20)17-5-2-3-6-17/h9H,2-8,10-11H2,1H3,(H,15,20). The topological polar surface area (TPSA) is 87.5 Å². The minimum absolute atomic E-state index is 0.0524. The third kappa shape index (κ3) is 3.84. The van der Waals surface area contributed by atoms with E-state index in [-0.39, 0.29) is 6.03 Å². The van der Waals surface area contributed by atoms with Gasteiger partial charge in [0.05, 0.1) is 30.7 Å². The third-order valence-corrected chi connectivity index (χ3v) is 5.56. The summed E-state index contributed by atoms with van der Waals surface area (Å²) in [6.07, 6.45) is 4.10. The van der Waals surface area contributed by atoms with Crippen LogP contribution in [0.5, 0.6) is 0 Å². The molecule has 2 aliphatic heterocycles. The lowest BCUT2D eigenvalue weighted by molar-refractivity contribution is 0.208. The molecule has 0 radical (unpaired) electrons. The van der Waals surface area contributed by atoms with E-state index in [4.69, 9.17) is 0 Å². The zero-order valence-corrected chi connectivity index (χ0v) is 14.2. The van der Waals surface area contributed by atoms with Crippen molar-refractivity contribution in [1.29, 1.82) is 0 Å². The zero-order chi connectivity index (χ0) is 16.4. The van der Waals surface area contributed by atoms with Gasteiger partial charge in [0.1, 0.15) is 0 Å². The fraction of sp³-hybridized carbons (Fsp3) is 0.714. The minimum atomic E-state index is -3.20.